The van der Waals surface area contributed by atoms with E-state index >= 15 is 0 Å². The van der Waals surface area contributed by atoms with Crippen LogP contribution in [-0.4, -0.2) is 32.0 Å². The molecule has 0 spiro atoms. The Morgan fingerprint density at radius 3 is 2.70 bits per heavy atom. The topological polar surface area (TPSA) is 60.0 Å². The third-order valence-electron chi connectivity index (χ3n) is 3.80. The van der Waals surface area contributed by atoms with Gasteiger partial charge in [-0.15, -0.1) is 0 Å². The number of hydrogen-bond donors (Lipinski definition) is 2. The standard InChI is InChI=1S/C18H21NO4/c1-21-15-7-5-13(6-8-15)16(20)12-19-11-14-3-2-4-17-18(14)23-10-9-22-17/h2-8,16,19-20H,9-12H2,1H3/t16-/m0/s1. The summed E-state index contributed by atoms with van der Waals surface area (Å²) in [5.74, 6) is 2.36. The summed E-state index contributed by atoms with van der Waals surface area (Å²) in [6, 6.07) is 13.3. The minimum atomic E-state index is -0.572. The van der Waals surface area contributed by atoms with Crippen LogP contribution in [0.4, 0.5) is 0 Å². The number of aliphatic hydroxyl groups excluding tert-OH is 1. The maximum Gasteiger partial charge on any atom is 0.165 e. The fourth-order valence-electron chi connectivity index (χ4n) is 2.56. The Morgan fingerprint density at radius 1 is 1.13 bits per heavy atom. The highest BCUT2D eigenvalue weighted by atomic mass is 16.6. The van der Waals surface area contributed by atoms with E-state index in [1.54, 1.807) is 7.11 Å². The van der Waals surface area contributed by atoms with Gasteiger partial charge in [0, 0.05) is 18.7 Å². The van der Waals surface area contributed by atoms with Crippen molar-refractivity contribution < 1.29 is 19.3 Å². The molecule has 0 fully saturated rings. The largest absolute Gasteiger partial charge is 0.497 e. The molecule has 0 saturated carbocycles. The molecule has 1 atom stereocenters. The van der Waals surface area contributed by atoms with Crippen molar-refractivity contribution in [1.29, 1.82) is 0 Å². The molecule has 0 aromatic heterocycles. The number of methoxy groups -OCH3 is 1. The number of ether oxygens (including phenoxy) is 3. The lowest BCUT2D eigenvalue weighted by atomic mass is 10.1. The molecule has 0 bridgehead atoms. The number of nitrogens with one attached hydrogen (secondary N) is 1. The van der Waals surface area contributed by atoms with Gasteiger partial charge >= 0.3 is 0 Å². The van der Waals surface area contributed by atoms with E-state index in [2.05, 4.69) is 5.32 Å². The molecule has 0 saturated heterocycles. The van der Waals surface area contributed by atoms with E-state index in [0.717, 1.165) is 28.4 Å². The van der Waals surface area contributed by atoms with Crippen LogP contribution >= 0.6 is 0 Å². The molecule has 23 heavy (non-hydrogen) atoms. The maximum absolute atomic E-state index is 10.2. The quantitative estimate of drug-likeness (QED) is 0.856. The summed E-state index contributed by atoms with van der Waals surface area (Å²) in [5.41, 5.74) is 1.89. The molecular weight excluding hydrogens is 294 g/mol. The van der Waals surface area contributed by atoms with Crippen molar-refractivity contribution in [3.8, 4) is 17.2 Å². The number of rotatable bonds is 6. The number of para-hydroxylation sites is 1. The van der Waals surface area contributed by atoms with E-state index in [1.807, 2.05) is 42.5 Å². The first kappa shape index (κ1) is 15.6. The third kappa shape index (κ3) is 3.75. The van der Waals surface area contributed by atoms with Crippen LogP contribution in [-0.2, 0) is 6.54 Å². The average Bonchev–Trinajstić information content (AvgIpc) is 2.62. The highest BCUT2D eigenvalue weighted by Crippen LogP contribution is 2.33. The van der Waals surface area contributed by atoms with Gasteiger partial charge in [-0.1, -0.05) is 24.3 Å². The van der Waals surface area contributed by atoms with E-state index in [-0.39, 0.29) is 0 Å². The van der Waals surface area contributed by atoms with Crippen LogP contribution in [0.25, 0.3) is 0 Å². The summed E-state index contributed by atoms with van der Waals surface area (Å²) in [7, 11) is 1.62. The van der Waals surface area contributed by atoms with Crippen molar-refractivity contribution >= 4 is 0 Å². The van der Waals surface area contributed by atoms with Gasteiger partial charge in [0.25, 0.3) is 0 Å². The molecule has 1 aliphatic rings. The Morgan fingerprint density at radius 2 is 1.91 bits per heavy atom. The van der Waals surface area contributed by atoms with Crippen molar-refractivity contribution in [3.63, 3.8) is 0 Å². The molecule has 0 aliphatic carbocycles. The normalized spacial score (nSPS) is 14.3. The second-order valence-electron chi connectivity index (χ2n) is 5.36. The van der Waals surface area contributed by atoms with E-state index in [9.17, 15) is 5.11 Å². The lowest BCUT2D eigenvalue weighted by Gasteiger charge is -2.21. The molecule has 2 aromatic carbocycles. The molecule has 1 heterocycles. The molecular formula is C18H21NO4. The molecule has 2 aromatic rings. The highest BCUT2D eigenvalue weighted by molar-refractivity contribution is 5.47. The van der Waals surface area contributed by atoms with Gasteiger partial charge in [-0.05, 0) is 23.8 Å². The smallest absolute Gasteiger partial charge is 0.165 e. The fourth-order valence-corrected chi connectivity index (χ4v) is 2.56. The van der Waals surface area contributed by atoms with Crippen LogP contribution < -0.4 is 19.5 Å². The zero-order valence-electron chi connectivity index (χ0n) is 13.1. The lowest BCUT2D eigenvalue weighted by Crippen LogP contribution is -2.23. The summed E-state index contributed by atoms with van der Waals surface area (Å²) >= 11 is 0. The van der Waals surface area contributed by atoms with Gasteiger partial charge in [0.05, 0.1) is 13.2 Å². The summed E-state index contributed by atoms with van der Waals surface area (Å²) < 4.78 is 16.4. The molecule has 2 N–H and O–H groups in total. The Hall–Kier alpha value is -2.24. The van der Waals surface area contributed by atoms with Crippen LogP contribution in [0.2, 0.25) is 0 Å². The minimum Gasteiger partial charge on any atom is -0.497 e. The molecule has 122 valence electrons. The molecule has 0 unspecified atom stereocenters. The van der Waals surface area contributed by atoms with Gasteiger partial charge in [-0.25, -0.2) is 0 Å². The van der Waals surface area contributed by atoms with Gasteiger partial charge in [-0.3, -0.25) is 0 Å². The first-order chi connectivity index (χ1) is 11.3. The minimum absolute atomic E-state index is 0.455. The van der Waals surface area contributed by atoms with Crippen molar-refractivity contribution in [1.82, 2.24) is 5.32 Å². The van der Waals surface area contributed by atoms with Crippen LogP contribution in [0.3, 0.4) is 0 Å². The predicted octanol–water partition coefficient (Wildman–Crippen LogP) is 2.29. The SMILES string of the molecule is COc1ccc([C@@H](O)CNCc2cccc3c2OCCO3)cc1. The first-order valence-electron chi connectivity index (χ1n) is 7.68. The van der Waals surface area contributed by atoms with Crippen LogP contribution in [0.5, 0.6) is 17.2 Å². The van der Waals surface area contributed by atoms with Gasteiger partial charge in [0.1, 0.15) is 19.0 Å². The van der Waals surface area contributed by atoms with Gasteiger partial charge < -0.3 is 24.6 Å². The van der Waals surface area contributed by atoms with E-state index in [0.29, 0.717) is 26.3 Å². The van der Waals surface area contributed by atoms with Gasteiger partial charge in [0.15, 0.2) is 11.5 Å². The molecule has 0 amide bonds. The maximum atomic E-state index is 10.2. The highest BCUT2D eigenvalue weighted by Gasteiger charge is 2.15. The third-order valence-corrected chi connectivity index (χ3v) is 3.80. The van der Waals surface area contributed by atoms with Gasteiger partial charge in [-0.2, -0.15) is 0 Å². The molecule has 1 aliphatic heterocycles. The van der Waals surface area contributed by atoms with Crippen molar-refractivity contribution in [2.75, 3.05) is 26.9 Å². The van der Waals surface area contributed by atoms with Crippen molar-refractivity contribution in [2.24, 2.45) is 0 Å². The number of fused-ring (bicyclic) bond motifs is 1. The Bertz CT molecular complexity index is 642. The summed E-state index contributed by atoms with van der Waals surface area (Å²) in [6.45, 7) is 2.22. The van der Waals surface area contributed by atoms with E-state index in [4.69, 9.17) is 14.2 Å². The number of benzene rings is 2. The van der Waals surface area contributed by atoms with E-state index < -0.39 is 6.10 Å². The Labute approximate surface area is 135 Å². The Kier molecular flexibility index (Phi) is 5.00. The molecule has 5 nitrogen and oxygen atoms in total. The van der Waals surface area contributed by atoms with Crippen molar-refractivity contribution in [3.05, 3.63) is 53.6 Å². The monoisotopic (exact) mass is 315 g/mol. The summed E-state index contributed by atoms with van der Waals surface area (Å²) in [5, 5.41) is 13.5. The number of aliphatic hydroxyl groups is 1. The zero-order chi connectivity index (χ0) is 16.1. The van der Waals surface area contributed by atoms with Gasteiger partial charge in [0.2, 0.25) is 0 Å². The average molecular weight is 315 g/mol. The van der Waals surface area contributed by atoms with E-state index in [1.165, 1.54) is 0 Å². The van der Waals surface area contributed by atoms with Crippen LogP contribution in [0.1, 0.15) is 17.2 Å². The molecule has 5 heteroatoms. The summed E-state index contributed by atoms with van der Waals surface area (Å²) in [4.78, 5) is 0. The van der Waals surface area contributed by atoms with Crippen LogP contribution in [0, 0.1) is 0 Å². The fraction of sp³-hybridized carbons (Fsp3) is 0.333. The molecule has 3 rings (SSSR count). The number of hydrogen-bond acceptors (Lipinski definition) is 5. The summed E-state index contributed by atoms with van der Waals surface area (Å²) in [6.07, 6.45) is -0.572. The second kappa shape index (κ2) is 7.35. The van der Waals surface area contributed by atoms with Crippen molar-refractivity contribution in [2.45, 2.75) is 12.6 Å². The second-order valence-corrected chi connectivity index (χ2v) is 5.36. The Balaban J connectivity index is 1.56. The lowest BCUT2D eigenvalue weighted by molar-refractivity contribution is 0.166. The molecule has 0 radical (unpaired) electrons. The zero-order valence-corrected chi connectivity index (χ0v) is 13.1. The first-order valence-corrected chi connectivity index (χ1v) is 7.68. The predicted molar refractivity (Wildman–Crippen MR) is 87.1 cm³/mol. The van der Waals surface area contributed by atoms with Crippen LogP contribution in [0.15, 0.2) is 42.5 Å².